The Morgan fingerprint density at radius 2 is 2.25 bits per heavy atom. The predicted octanol–water partition coefficient (Wildman–Crippen LogP) is 1.26. The average molecular weight is 318 g/mol. The number of aliphatic hydroxyl groups is 1. The number of likely N-dealkylation sites (tertiary alicyclic amines) is 1. The van der Waals surface area contributed by atoms with E-state index in [0.717, 1.165) is 24.3 Å². The van der Waals surface area contributed by atoms with Crippen LogP contribution in [0.5, 0.6) is 0 Å². The van der Waals surface area contributed by atoms with E-state index in [0.29, 0.717) is 22.4 Å². The van der Waals surface area contributed by atoms with Crippen molar-refractivity contribution in [1.29, 1.82) is 0 Å². The fraction of sp³-hybridized carbons (Fsp3) is 0.692. The van der Waals surface area contributed by atoms with Crippen molar-refractivity contribution in [2.75, 3.05) is 27.2 Å². The van der Waals surface area contributed by atoms with Crippen molar-refractivity contribution in [2.24, 2.45) is 0 Å². The molecule has 1 atom stereocenters. The number of nitrogens with zero attached hydrogens (tertiary/aromatic N) is 2. The molecule has 1 aromatic heterocycles. The fourth-order valence-electron chi connectivity index (χ4n) is 2.63. The maximum absolute atomic E-state index is 12.6. The van der Waals surface area contributed by atoms with Gasteiger partial charge < -0.3 is 10.0 Å². The molecule has 7 heteroatoms. The lowest BCUT2D eigenvalue weighted by Gasteiger charge is -2.25. The van der Waals surface area contributed by atoms with Gasteiger partial charge in [0.1, 0.15) is 0 Å². The van der Waals surface area contributed by atoms with E-state index in [1.54, 1.807) is 20.0 Å². The van der Waals surface area contributed by atoms with Crippen LogP contribution in [0.2, 0.25) is 0 Å². The summed E-state index contributed by atoms with van der Waals surface area (Å²) in [5.41, 5.74) is 0. The second-order valence-electron chi connectivity index (χ2n) is 5.35. The molecule has 1 aromatic rings. The van der Waals surface area contributed by atoms with Gasteiger partial charge in [-0.2, -0.15) is 4.31 Å². The van der Waals surface area contributed by atoms with Gasteiger partial charge in [0.15, 0.2) is 0 Å². The Morgan fingerprint density at radius 3 is 2.75 bits per heavy atom. The van der Waals surface area contributed by atoms with Crippen LogP contribution in [0.3, 0.4) is 0 Å². The van der Waals surface area contributed by atoms with Crippen molar-refractivity contribution in [3.05, 3.63) is 15.8 Å². The Balaban J connectivity index is 2.18. The maximum atomic E-state index is 12.6. The lowest BCUT2D eigenvalue weighted by molar-refractivity contribution is 0.271. The Morgan fingerprint density at radius 1 is 1.55 bits per heavy atom. The number of hydrogen-bond donors (Lipinski definition) is 1. The summed E-state index contributed by atoms with van der Waals surface area (Å²) in [5.74, 6) is 0. The zero-order chi connectivity index (χ0) is 14.9. The summed E-state index contributed by atoms with van der Waals surface area (Å²) >= 11 is 1.34. The van der Waals surface area contributed by atoms with Crippen molar-refractivity contribution in [3.63, 3.8) is 0 Å². The summed E-state index contributed by atoms with van der Waals surface area (Å²) in [6, 6.07) is 1.88. The Kier molecular flexibility index (Phi) is 4.86. The molecule has 0 amide bonds. The molecule has 1 aliphatic rings. The van der Waals surface area contributed by atoms with Crippen molar-refractivity contribution in [3.8, 4) is 0 Å². The van der Waals surface area contributed by atoms with E-state index in [-0.39, 0.29) is 6.61 Å². The molecule has 0 bridgehead atoms. The van der Waals surface area contributed by atoms with Crippen molar-refractivity contribution in [2.45, 2.75) is 37.3 Å². The van der Waals surface area contributed by atoms with Gasteiger partial charge in [0.2, 0.25) is 10.0 Å². The van der Waals surface area contributed by atoms with Gasteiger partial charge >= 0.3 is 0 Å². The predicted molar refractivity (Wildman–Crippen MR) is 80.4 cm³/mol. The minimum atomic E-state index is -3.46. The molecular formula is C13H22N2O3S2. The molecule has 5 nitrogen and oxygen atoms in total. The molecule has 20 heavy (non-hydrogen) atoms. The van der Waals surface area contributed by atoms with Crippen molar-refractivity contribution < 1.29 is 13.5 Å². The molecule has 0 aliphatic carbocycles. The van der Waals surface area contributed by atoms with E-state index >= 15 is 0 Å². The molecule has 1 unspecified atom stereocenters. The van der Waals surface area contributed by atoms with Gasteiger partial charge in [0, 0.05) is 29.4 Å². The van der Waals surface area contributed by atoms with Crippen LogP contribution in [0.4, 0.5) is 0 Å². The highest BCUT2D eigenvalue weighted by Gasteiger charge is 2.29. The Hall–Kier alpha value is -0.470. The van der Waals surface area contributed by atoms with Crippen LogP contribution in [0, 0.1) is 6.92 Å². The second-order valence-corrected chi connectivity index (χ2v) is 8.71. The molecule has 2 rings (SSSR count). The van der Waals surface area contributed by atoms with Crippen LogP contribution in [-0.4, -0.2) is 56.0 Å². The zero-order valence-electron chi connectivity index (χ0n) is 12.2. The highest BCUT2D eigenvalue weighted by Crippen LogP contribution is 2.28. The molecule has 1 saturated heterocycles. The number of rotatable bonds is 5. The Labute approximate surface area is 124 Å². The summed E-state index contributed by atoms with van der Waals surface area (Å²) < 4.78 is 26.7. The summed E-state index contributed by atoms with van der Waals surface area (Å²) in [6.07, 6.45) is 2.17. The molecule has 0 aromatic carbocycles. The van der Waals surface area contributed by atoms with Gasteiger partial charge in [-0.05, 0) is 39.4 Å². The second kappa shape index (κ2) is 6.11. The fourth-order valence-corrected chi connectivity index (χ4v) is 5.30. The van der Waals surface area contributed by atoms with Gasteiger partial charge in [-0.15, -0.1) is 11.3 Å². The standard InChI is InChI=1S/C13H22N2O3S2/c1-10-13(7-12(9-16)19-10)20(17,18)15(3)8-11-5-4-6-14(11)2/h7,11,16H,4-6,8-9H2,1-3H3. The smallest absolute Gasteiger partial charge is 0.243 e. The van der Waals surface area contributed by atoms with E-state index in [9.17, 15) is 8.42 Å². The molecule has 0 spiro atoms. The first-order valence-electron chi connectivity index (χ1n) is 6.73. The van der Waals surface area contributed by atoms with Gasteiger partial charge in [0.05, 0.1) is 11.5 Å². The summed E-state index contributed by atoms with van der Waals surface area (Å²) in [5, 5.41) is 9.14. The highest BCUT2D eigenvalue weighted by molar-refractivity contribution is 7.89. The van der Waals surface area contributed by atoms with E-state index in [1.165, 1.54) is 15.6 Å². The SMILES string of the molecule is Cc1sc(CO)cc1S(=O)(=O)N(C)CC1CCCN1C. The number of likely N-dealkylation sites (N-methyl/N-ethyl adjacent to an activating group) is 2. The molecule has 1 fully saturated rings. The molecule has 0 radical (unpaired) electrons. The maximum Gasteiger partial charge on any atom is 0.243 e. The number of sulfonamides is 1. The molecule has 114 valence electrons. The largest absolute Gasteiger partial charge is 0.391 e. The minimum absolute atomic E-state index is 0.115. The molecule has 1 aliphatic heterocycles. The quantitative estimate of drug-likeness (QED) is 0.888. The van der Waals surface area contributed by atoms with Crippen molar-refractivity contribution >= 4 is 21.4 Å². The van der Waals surface area contributed by atoms with Crippen LogP contribution in [-0.2, 0) is 16.6 Å². The van der Waals surface area contributed by atoms with Crippen LogP contribution in [0.1, 0.15) is 22.6 Å². The molecule has 2 heterocycles. The first-order valence-corrected chi connectivity index (χ1v) is 8.98. The average Bonchev–Trinajstić information content (AvgIpc) is 2.96. The van der Waals surface area contributed by atoms with Crippen molar-refractivity contribution in [1.82, 2.24) is 9.21 Å². The van der Waals surface area contributed by atoms with Crippen LogP contribution in [0.25, 0.3) is 0 Å². The van der Waals surface area contributed by atoms with Gasteiger partial charge in [-0.3, -0.25) is 0 Å². The lowest BCUT2D eigenvalue weighted by atomic mass is 10.2. The van der Waals surface area contributed by atoms with Gasteiger partial charge in [-0.1, -0.05) is 0 Å². The topological polar surface area (TPSA) is 60.9 Å². The summed E-state index contributed by atoms with van der Waals surface area (Å²) in [4.78, 5) is 3.97. The van der Waals surface area contributed by atoms with E-state index in [2.05, 4.69) is 4.90 Å². The van der Waals surface area contributed by atoms with Crippen LogP contribution < -0.4 is 0 Å². The monoisotopic (exact) mass is 318 g/mol. The van der Waals surface area contributed by atoms with Gasteiger partial charge in [-0.25, -0.2) is 8.42 Å². The number of hydrogen-bond acceptors (Lipinski definition) is 5. The third kappa shape index (κ3) is 3.07. The third-order valence-corrected chi connectivity index (χ3v) is 7.02. The molecule has 0 saturated carbocycles. The van der Waals surface area contributed by atoms with E-state index < -0.39 is 10.0 Å². The normalized spacial score (nSPS) is 20.9. The summed E-state index contributed by atoms with van der Waals surface area (Å²) in [6.45, 7) is 3.22. The third-order valence-electron chi connectivity index (χ3n) is 3.91. The first kappa shape index (κ1) is 15.9. The minimum Gasteiger partial charge on any atom is -0.391 e. The lowest BCUT2D eigenvalue weighted by Crippen LogP contribution is -2.39. The molecular weight excluding hydrogens is 296 g/mol. The van der Waals surface area contributed by atoms with E-state index in [1.807, 2.05) is 7.05 Å². The van der Waals surface area contributed by atoms with Gasteiger partial charge in [0.25, 0.3) is 0 Å². The van der Waals surface area contributed by atoms with E-state index in [4.69, 9.17) is 5.11 Å². The Bertz CT molecular complexity index is 568. The number of aliphatic hydroxyl groups excluding tert-OH is 1. The van der Waals surface area contributed by atoms with Crippen LogP contribution in [0.15, 0.2) is 11.0 Å². The first-order chi connectivity index (χ1) is 9.36. The molecule has 1 N–H and O–H groups in total. The van der Waals surface area contributed by atoms with Crippen LogP contribution >= 0.6 is 11.3 Å². The highest BCUT2D eigenvalue weighted by atomic mass is 32.2. The summed E-state index contributed by atoms with van der Waals surface area (Å²) in [7, 11) is 0.212. The number of aryl methyl sites for hydroxylation is 1. The zero-order valence-corrected chi connectivity index (χ0v) is 13.8. The number of thiophene rings is 1.